The van der Waals surface area contributed by atoms with Crippen molar-refractivity contribution in [2.45, 2.75) is 30.9 Å². The van der Waals surface area contributed by atoms with Gasteiger partial charge in [-0.25, -0.2) is 8.42 Å². The van der Waals surface area contributed by atoms with Gasteiger partial charge >= 0.3 is 0 Å². The smallest absolute Gasteiger partial charge is 0.252 e. The van der Waals surface area contributed by atoms with E-state index in [0.717, 1.165) is 29.8 Å². The Morgan fingerprint density at radius 1 is 1.37 bits per heavy atom. The minimum Gasteiger partial charge on any atom is -0.319 e. The van der Waals surface area contributed by atoms with Crippen LogP contribution in [-0.4, -0.2) is 39.4 Å². The molecule has 0 bridgehead atoms. The minimum absolute atomic E-state index is 0.495. The lowest BCUT2D eigenvalue weighted by atomic mass is 9.98. The summed E-state index contributed by atoms with van der Waals surface area (Å²) in [6.07, 6.45) is 1.90. The van der Waals surface area contributed by atoms with E-state index >= 15 is 0 Å². The quantitative estimate of drug-likeness (QED) is 0.925. The Morgan fingerprint density at radius 2 is 2.00 bits per heavy atom. The van der Waals surface area contributed by atoms with Gasteiger partial charge in [-0.05, 0) is 57.8 Å². The van der Waals surface area contributed by atoms with Gasteiger partial charge in [0.05, 0.1) is 0 Å². The van der Waals surface area contributed by atoms with E-state index in [4.69, 9.17) is 0 Å². The summed E-state index contributed by atoms with van der Waals surface area (Å²) in [7, 11) is -1.33. The molecule has 2 heterocycles. The Kier molecular flexibility index (Phi) is 4.66. The van der Waals surface area contributed by atoms with Crippen LogP contribution in [0.25, 0.3) is 0 Å². The first-order chi connectivity index (χ1) is 8.95. The van der Waals surface area contributed by atoms with Crippen molar-refractivity contribution in [3.63, 3.8) is 0 Å². The van der Waals surface area contributed by atoms with Crippen molar-refractivity contribution in [3.8, 4) is 0 Å². The van der Waals surface area contributed by atoms with Crippen molar-refractivity contribution in [2.24, 2.45) is 5.92 Å². The van der Waals surface area contributed by atoms with Crippen LogP contribution in [0.15, 0.2) is 10.3 Å². The molecule has 1 saturated heterocycles. The number of aryl methyl sites for hydroxylation is 2. The Bertz CT molecular complexity index is 509. The number of piperidine rings is 1. The third kappa shape index (κ3) is 3.18. The summed E-state index contributed by atoms with van der Waals surface area (Å²) in [5.41, 5.74) is 1.06. The monoisotopic (exact) mass is 302 g/mol. The zero-order valence-electron chi connectivity index (χ0n) is 11.8. The Balaban J connectivity index is 2.09. The molecule has 0 spiro atoms. The molecule has 0 amide bonds. The third-order valence-electron chi connectivity index (χ3n) is 3.80. The predicted octanol–water partition coefficient (Wildman–Crippen LogP) is 1.99. The molecule has 4 nitrogen and oxygen atoms in total. The maximum atomic E-state index is 12.5. The van der Waals surface area contributed by atoms with Crippen LogP contribution in [0.2, 0.25) is 0 Å². The number of nitrogens with zero attached hydrogens (tertiary/aromatic N) is 1. The standard InChI is InChI=1S/C13H22N2O2S2/c1-10-8-13(18-11(10)2)19(16,17)15-6-4-12(5-7-15)9-14-3/h8,12,14H,4-7,9H2,1-3H3. The predicted molar refractivity (Wildman–Crippen MR) is 79.2 cm³/mol. The molecule has 0 atom stereocenters. The summed E-state index contributed by atoms with van der Waals surface area (Å²) in [4.78, 5) is 1.09. The molecule has 0 unspecified atom stereocenters. The van der Waals surface area contributed by atoms with Gasteiger partial charge in [-0.1, -0.05) is 0 Å². The zero-order valence-corrected chi connectivity index (χ0v) is 13.4. The topological polar surface area (TPSA) is 49.4 Å². The minimum atomic E-state index is -3.27. The second-order valence-electron chi connectivity index (χ2n) is 5.21. The van der Waals surface area contributed by atoms with Crippen LogP contribution in [0.3, 0.4) is 0 Å². The molecule has 0 radical (unpaired) electrons. The van der Waals surface area contributed by atoms with Crippen molar-refractivity contribution in [2.75, 3.05) is 26.7 Å². The lowest BCUT2D eigenvalue weighted by Crippen LogP contribution is -2.40. The van der Waals surface area contributed by atoms with Gasteiger partial charge in [0.25, 0.3) is 10.0 Å². The highest BCUT2D eigenvalue weighted by Gasteiger charge is 2.30. The van der Waals surface area contributed by atoms with Gasteiger partial charge in [-0.15, -0.1) is 11.3 Å². The summed E-state index contributed by atoms with van der Waals surface area (Å²) in [6.45, 7) is 6.20. The summed E-state index contributed by atoms with van der Waals surface area (Å²) in [5, 5.41) is 3.17. The van der Waals surface area contributed by atoms with Crippen LogP contribution < -0.4 is 5.32 Å². The fourth-order valence-corrected chi connectivity index (χ4v) is 5.58. The average molecular weight is 302 g/mol. The molecule has 108 valence electrons. The van der Waals surface area contributed by atoms with Gasteiger partial charge in [0.2, 0.25) is 0 Å². The molecular weight excluding hydrogens is 280 g/mol. The van der Waals surface area contributed by atoms with Gasteiger partial charge in [0, 0.05) is 18.0 Å². The van der Waals surface area contributed by atoms with E-state index in [1.807, 2.05) is 20.9 Å². The number of hydrogen-bond donors (Lipinski definition) is 1. The van der Waals surface area contributed by atoms with Crippen LogP contribution in [0.1, 0.15) is 23.3 Å². The molecule has 0 saturated carbocycles. The number of rotatable bonds is 4. The summed E-state index contributed by atoms with van der Waals surface area (Å²) in [6, 6.07) is 1.80. The number of sulfonamides is 1. The molecule has 6 heteroatoms. The second-order valence-corrected chi connectivity index (χ2v) is 8.63. The van der Waals surface area contributed by atoms with Gasteiger partial charge < -0.3 is 5.32 Å². The van der Waals surface area contributed by atoms with E-state index in [2.05, 4.69) is 5.32 Å². The van der Waals surface area contributed by atoms with E-state index < -0.39 is 10.0 Å². The molecule has 0 aliphatic carbocycles. The normalized spacial score (nSPS) is 18.9. The zero-order chi connectivity index (χ0) is 14.0. The van der Waals surface area contributed by atoms with E-state index in [-0.39, 0.29) is 0 Å². The lowest BCUT2D eigenvalue weighted by Gasteiger charge is -2.30. The lowest BCUT2D eigenvalue weighted by molar-refractivity contribution is 0.271. The molecule has 1 aliphatic heterocycles. The van der Waals surface area contributed by atoms with Crippen LogP contribution in [0, 0.1) is 19.8 Å². The first-order valence-corrected chi connectivity index (χ1v) is 8.92. The van der Waals surface area contributed by atoms with Crippen LogP contribution in [0.5, 0.6) is 0 Å². The number of hydrogen-bond acceptors (Lipinski definition) is 4. The van der Waals surface area contributed by atoms with Crippen LogP contribution in [-0.2, 0) is 10.0 Å². The Morgan fingerprint density at radius 3 is 2.47 bits per heavy atom. The van der Waals surface area contributed by atoms with Crippen LogP contribution in [0.4, 0.5) is 0 Å². The van der Waals surface area contributed by atoms with Gasteiger partial charge in [-0.2, -0.15) is 4.31 Å². The molecule has 1 N–H and O–H groups in total. The fourth-order valence-electron chi connectivity index (χ4n) is 2.44. The first kappa shape index (κ1) is 15.0. The van der Waals surface area contributed by atoms with Crippen molar-refractivity contribution in [3.05, 3.63) is 16.5 Å². The molecule has 0 aromatic carbocycles. The molecule has 19 heavy (non-hydrogen) atoms. The molecule has 1 aromatic rings. The van der Waals surface area contributed by atoms with Crippen molar-refractivity contribution >= 4 is 21.4 Å². The third-order valence-corrected chi connectivity index (χ3v) is 7.30. The van der Waals surface area contributed by atoms with Crippen molar-refractivity contribution in [1.29, 1.82) is 0 Å². The van der Waals surface area contributed by atoms with Gasteiger partial charge in [0.15, 0.2) is 0 Å². The summed E-state index contributed by atoms with van der Waals surface area (Å²) < 4.78 is 27.2. The van der Waals surface area contributed by atoms with E-state index in [1.54, 1.807) is 10.4 Å². The molecule has 1 aliphatic rings. The largest absolute Gasteiger partial charge is 0.319 e. The highest BCUT2D eigenvalue weighted by molar-refractivity contribution is 7.91. The highest BCUT2D eigenvalue weighted by Crippen LogP contribution is 2.30. The van der Waals surface area contributed by atoms with Crippen molar-refractivity contribution < 1.29 is 8.42 Å². The van der Waals surface area contributed by atoms with E-state index in [9.17, 15) is 8.42 Å². The van der Waals surface area contributed by atoms with Crippen molar-refractivity contribution in [1.82, 2.24) is 9.62 Å². The summed E-state index contributed by atoms with van der Waals surface area (Å²) in [5.74, 6) is 0.600. The number of thiophene rings is 1. The first-order valence-electron chi connectivity index (χ1n) is 6.67. The molecule has 1 fully saturated rings. The fraction of sp³-hybridized carbons (Fsp3) is 0.692. The molecular formula is C13H22N2O2S2. The van der Waals surface area contributed by atoms with E-state index in [1.165, 1.54) is 11.3 Å². The maximum absolute atomic E-state index is 12.5. The molecule has 2 rings (SSSR count). The Hall–Kier alpha value is -0.430. The average Bonchev–Trinajstić information content (AvgIpc) is 2.71. The van der Waals surface area contributed by atoms with Gasteiger partial charge in [-0.3, -0.25) is 0 Å². The van der Waals surface area contributed by atoms with Crippen LogP contribution >= 0.6 is 11.3 Å². The molecule has 1 aromatic heterocycles. The maximum Gasteiger partial charge on any atom is 0.252 e. The highest BCUT2D eigenvalue weighted by atomic mass is 32.2. The summed E-state index contributed by atoms with van der Waals surface area (Å²) >= 11 is 1.38. The number of nitrogens with one attached hydrogen (secondary N) is 1. The second kappa shape index (κ2) is 5.91. The van der Waals surface area contributed by atoms with Gasteiger partial charge in [0.1, 0.15) is 4.21 Å². The Labute approximate surface area is 119 Å². The SMILES string of the molecule is CNCC1CCN(S(=O)(=O)c2cc(C)c(C)s2)CC1. The van der Waals surface area contributed by atoms with E-state index in [0.29, 0.717) is 23.2 Å².